The summed E-state index contributed by atoms with van der Waals surface area (Å²) in [5, 5.41) is 5.53. The third-order valence-electron chi connectivity index (χ3n) is 2.20. The predicted molar refractivity (Wildman–Crippen MR) is 61.6 cm³/mol. The summed E-state index contributed by atoms with van der Waals surface area (Å²) in [5.74, 6) is 0. The van der Waals surface area contributed by atoms with Gasteiger partial charge in [0.05, 0.1) is 0 Å². The molecule has 0 bridgehead atoms. The van der Waals surface area contributed by atoms with Crippen LogP contribution in [0.3, 0.4) is 0 Å². The standard InChI is InChI=1S/C11H13N3S/c1-9(11-3-2-4-15-11)14-7-10-5-12-8-13-6-10/h2-6,8-9,14H,7H2,1H3/t9-/m1/s1. The minimum absolute atomic E-state index is 0.380. The lowest BCUT2D eigenvalue weighted by molar-refractivity contribution is 0.581. The van der Waals surface area contributed by atoms with Crippen molar-refractivity contribution in [2.24, 2.45) is 0 Å². The second-order valence-electron chi connectivity index (χ2n) is 3.36. The first kappa shape index (κ1) is 10.3. The van der Waals surface area contributed by atoms with Gasteiger partial charge in [0.15, 0.2) is 0 Å². The maximum atomic E-state index is 3.98. The molecule has 0 aliphatic rings. The number of rotatable bonds is 4. The third kappa shape index (κ3) is 2.84. The molecule has 2 rings (SSSR count). The fourth-order valence-electron chi connectivity index (χ4n) is 1.33. The summed E-state index contributed by atoms with van der Waals surface area (Å²) < 4.78 is 0. The zero-order valence-corrected chi connectivity index (χ0v) is 9.37. The van der Waals surface area contributed by atoms with E-state index in [9.17, 15) is 0 Å². The molecular weight excluding hydrogens is 206 g/mol. The molecule has 0 saturated carbocycles. The molecule has 15 heavy (non-hydrogen) atoms. The Bertz CT molecular complexity index is 385. The summed E-state index contributed by atoms with van der Waals surface area (Å²) in [6, 6.07) is 4.60. The lowest BCUT2D eigenvalue weighted by atomic mass is 10.2. The van der Waals surface area contributed by atoms with E-state index >= 15 is 0 Å². The van der Waals surface area contributed by atoms with E-state index in [0.717, 1.165) is 12.1 Å². The fraction of sp³-hybridized carbons (Fsp3) is 0.273. The van der Waals surface area contributed by atoms with E-state index in [2.05, 4.69) is 39.7 Å². The minimum Gasteiger partial charge on any atom is -0.305 e. The number of nitrogens with zero attached hydrogens (tertiary/aromatic N) is 2. The first-order valence-electron chi connectivity index (χ1n) is 4.87. The van der Waals surface area contributed by atoms with E-state index in [1.54, 1.807) is 17.7 Å². The first-order valence-corrected chi connectivity index (χ1v) is 5.75. The molecule has 0 radical (unpaired) electrons. The Balaban J connectivity index is 1.89. The lowest BCUT2D eigenvalue weighted by Gasteiger charge is -2.11. The van der Waals surface area contributed by atoms with Gasteiger partial charge in [0.25, 0.3) is 0 Å². The SMILES string of the molecule is C[C@@H](NCc1cncnc1)c1cccs1. The topological polar surface area (TPSA) is 37.8 Å². The fourth-order valence-corrected chi connectivity index (χ4v) is 2.09. The average Bonchev–Trinajstić information content (AvgIpc) is 2.81. The Kier molecular flexibility index (Phi) is 3.42. The van der Waals surface area contributed by atoms with Crippen LogP contribution in [0, 0.1) is 0 Å². The van der Waals surface area contributed by atoms with Gasteiger partial charge in [-0.1, -0.05) is 6.07 Å². The Hall–Kier alpha value is -1.26. The van der Waals surface area contributed by atoms with Crippen LogP contribution in [0.2, 0.25) is 0 Å². The molecule has 3 nitrogen and oxygen atoms in total. The van der Waals surface area contributed by atoms with Crippen molar-refractivity contribution in [3.05, 3.63) is 46.7 Å². The monoisotopic (exact) mass is 219 g/mol. The quantitative estimate of drug-likeness (QED) is 0.858. The van der Waals surface area contributed by atoms with Crippen molar-refractivity contribution in [3.63, 3.8) is 0 Å². The number of aromatic nitrogens is 2. The third-order valence-corrected chi connectivity index (χ3v) is 3.25. The smallest absolute Gasteiger partial charge is 0.115 e. The van der Waals surface area contributed by atoms with Crippen molar-refractivity contribution in [1.82, 2.24) is 15.3 Å². The Morgan fingerprint density at radius 3 is 2.87 bits per heavy atom. The van der Waals surface area contributed by atoms with Crippen LogP contribution in [0.4, 0.5) is 0 Å². The van der Waals surface area contributed by atoms with Crippen molar-refractivity contribution in [2.45, 2.75) is 19.5 Å². The zero-order chi connectivity index (χ0) is 10.5. The van der Waals surface area contributed by atoms with Crippen LogP contribution in [0.25, 0.3) is 0 Å². The van der Waals surface area contributed by atoms with Crippen molar-refractivity contribution >= 4 is 11.3 Å². The van der Waals surface area contributed by atoms with Crippen molar-refractivity contribution < 1.29 is 0 Å². The van der Waals surface area contributed by atoms with Crippen molar-refractivity contribution in [1.29, 1.82) is 0 Å². The van der Waals surface area contributed by atoms with Crippen molar-refractivity contribution in [3.8, 4) is 0 Å². The van der Waals surface area contributed by atoms with Crippen LogP contribution in [-0.4, -0.2) is 9.97 Å². The van der Waals surface area contributed by atoms with Gasteiger partial charge in [0.2, 0.25) is 0 Å². The summed E-state index contributed by atoms with van der Waals surface area (Å²) in [4.78, 5) is 9.31. The summed E-state index contributed by atoms with van der Waals surface area (Å²) in [6.07, 6.45) is 5.22. The highest BCUT2D eigenvalue weighted by Gasteiger charge is 2.04. The van der Waals surface area contributed by atoms with E-state index in [-0.39, 0.29) is 0 Å². The molecule has 0 aliphatic heterocycles. The molecule has 2 aromatic rings. The van der Waals surface area contributed by atoms with E-state index in [0.29, 0.717) is 6.04 Å². The molecule has 1 N–H and O–H groups in total. The highest BCUT2D eigenvalue weighted by molar-refractivity contribution is 7.10. The molecule has 0 aliphatic carbocycles. The molecule has 2 aromatic heterocycles. The zero-order valence-electron chi connectivity index (χ0n) is 8.55. The van der Waals surface area contributed by atoms with Crippen molar-refractivity contribution in [2.75, 3.05) is 0 Å². The normalized spacial score (nSPS) is 12.6. The van der Waals surface area contributed by atoms with Gasteiger partial charge in [-0.2, -0.15) is 0 Å². The lowest BCUT2D eigenvalue weighted by Crippen LogP contribution is -2.17. The summed E-state index contributed by atoms with van der Waals surface area (Å²) in [7, 11) is 0. The number of thiophene rings is 1. The van der Waals surface area contributed by atoms with E-state index in [1.807, 2.05) is 12.4 Å². The molecule has 78 valence electrons. The van der Waals surface area contributed by atoms with Gasteiger partial charge >= 0.3 is 0 Å². The highest BCUT2D eigenvalue weighted by atomic mass is 32.1. The van der Waals surface area contributed by atoms with Gasteiger partial charge in [-0.15, -0.1) is 11.3 Å². The van der Waals surface area contributed by atoms with E-state index in [1.165, 1.54) is 4.88 Å². The van der Waals surface area contributed by atoms with Crippen LogP contribution in [0.15, 0.2) is 36.2 Å². The van der Waals surface area contributed by atoms with Crippen LogP contribution in [-0.2, 0) is 6.54 Å². The molecule has 4 heteroatoms. The van der Waals surface area contributed by atoms with Gasteiger partial charge in [-0.3, -0.25) is 0 Å². The van der Waals surface area contributed by atoms with E-state index in [4.69, 9.17) is 0 Å². The van der Waals surface area contributed by atoms with Gasteiger partial charge in [-0.05, 0) is 18.4 Å². The molecule has 0 fully saturated rings. The van der Waals surface area contributed by atoms with Crippen LogP contribution >= 0.6 is 11.3 Å². The van der Waals surface area contributed by atoms with Gasteiger partial charge < -0.3 is 5.32 Å². The van der Waals surface area contributed by atoms with Crippen LogP contribution in [0.5, 0.6) is 0 Å². The second-order valence-corrected chi connectivity index (χ2v) is 4.34. The summed E-state index contributed by atoms with van der Waals surface area (Å²) in [6.45, 7) is 2.97. The van der Waals surface area contributed by atoms with Crippen LogP contribution in [0.1, 0.15) is 23.4 Å². The molecule has 0 aromatic carbocycles. The molecule has 0 amide bonds. The molecule has 2 heterocycles. The van der Waals surface area contributed by atoms with Crippen LogP contribution < -0.4 is 5.32 Å². The summed E-state index contributed by atoms with van der Waals surface area (Å²) >= 11 is 1.77. The maximum absolute atomic E-state index is 3.98. The molecule has 0 unspecified atom stereocenters. The number of hydrogen-bond donors (Lipinski definition) is 1. The molecule has 0 spiro atoms. The van der Waals surface area contributed by atoms with Gasteiger partial charge in [0, 0.05) is 35.4 Å². The Labute approximate surface area is 93.2 Å². The average molecular weight is 219 g/mol. The minimum atomic E-state index is 0.380. The molecular formula is C11H13N3S. The van der Waals surface area contributed by atoms with Gasteiger partial charge in [-0.25, -0.2) is 9.97 Å². The first-order chi connectivity index (χ1) is 7.36. The maximum Gasteiger partial charge on any atom is 0.115 e. The molecule has 1 atom stereocenters. The van der Waals surface area contributed by atoms with Gasteiger partial charge in [0.1, 0.15) is 6.33 Å². The summed E-state index contributed by atoms with van der Waals surface area (Å²) in [5.41, 5.74) is 1.11. The predicted octanol–water partition coefficient (Wildman–Crippen LogP) is 2.39. The number of nitrogens with one attached hydrogen (secondary N) is 1. The number of hydrogen-bond acceptors (Lipinski definition) is 4. The Morgan fingerprint density at radius 1 is 1.40 bits per heavy atom. The largest absolute Gasteiger partial charge is 0.305 e. The second kappa shape index (κ2) is 5.00. The molecule has 0 saturated heterocycles. The van der Waals surface area contributed by atoms with E-state index < -0.39 is 0 Å². The Morgan fingerprint density at radius 2 is 2.20 bits per heavy atom. The highest BCUT2D eigenvalue weighted by Crippen LogP contribution is 2.18.